The Balaban J connectivity index is 1.27. The van der Waals surface area contributed by atoms with E-state index in [4.69, 9.17) is 5.73 Å². The lowest BCUT2D eigenvalue weighted by Crippen LogP contribution is -2.49. The van der Waals surface area contributed by atoms with E-state index in [-0.39, 0.29) is 18.0 Å². The molecule has 0 bridgehead atoms. The van der Waals surface area contributed by atoms with Crippen molar-refractivity contribution in [1.82, 2.24) is 34.4 Å². The van der Waals surface area contributed by atoms with Crippen LogP contribution in [0.5, 0.6) is 0 Å². The zero-order valence-electron chi connectivity index (χ0n) is 18.6. The van der Waals surface area contributed by atoms with Crippen molar-refractivity contribution in [2.45, 2.75) is 63.8 Å². The van der Waals surface area contributed by atoms with Crippen LogP contribution >= 0.6 is 0 Å². The number of benzene rings is 1. The Labute approximate surface area is 190 Å². The van der Waals surface area contributed by atoms with E-state index in [2.05, 4.69) is 36.7 Å². The van der Waals surface area contributed by atoms with Crippen molar-refractivity contribution in [2.24, 2.45) is 0 Å². The summed E-state index contributed by atoms with van der Waals surface area (Å²) in [5, 5.41) is 14.2. The Morgan fingerprint density at radius 1 is 1.24 bits per heavy atom. The number of rotatable bonds is 6. The predicted octanol–water partition coefficient (Wildman–Crippen LogP) is 1.98. The van der Waals surface area contributed by atoms with Crippen LogP contribution in [0, 0.1) is 0 Å². The van der Waals surface area contributed by atoms with Crippen LogP contribution in [0.1, 0.15) is 44.5 Å². The highest BCUT2D eigenvalue weighted by Gasteiger charge is 2.35. The van der Waals surface area contributed by atoms with Gasteiger partial charge in [-0.25, -0.2) is 19.9 Å². The first-order chi connectivity index (χ1) is 16.1. The fourth-order valence-corrected chi connectivity index (χ4v) is 4.87. The molecule has 1 aromatic carbocycles. The monoisotopic (exact) mass is 448 g/mol. The number of hydrogen-bond acceptors (Lipinski definition) is 7. The van der Waals surface area contributed by atoms with Crippen molar-refractivity contribution in [3.05, 3.63) is 42.7 Å². The van der Waals surface area contributed by atoms with Crippen molar-refractivity contribution in [2.75, 3.05) is 5.73 Å². The summed E-state index contributed by atoms with van der Waals surface area (Å²) in [6.45, 7) is 2.61. The molecular weight excluding hydrogens is 420 g/mol. The van der Waals surface area contributed by atoms with E-state index in [1.54, 1.807) is 6.33 Å². The van der Waals surface area contributed by atoms with Crippen molar-refractivity contribution < 1.29 is 9.90 Å². The van der Waals surface area contributed by atoms with E-state index in [1.807, 2.05) is 28.8 Å². The highest BCUT2D eigenvalue weighted by atomic mass is 16.3. The SMILES string of the molecule is CCc1nc2ccccc2n1CCC(=O)N[C@H]1CCC[C@H](n2cnc3c(N)ncnc32)[C@H]1O. The Morgan fingerprint density at radius 3 is 2.94 bits per heavy atom. The number of aromatic nitrogens is 6. The smallest absolute Gasteiger partial charge is 0.222 e. The molecule has 4 N–H and O–H groups in total. The molecule has 10 heteroatoms. The number of imidazole rings is 2. The van der Waals surface area contributed by atoms with Gasteiger partial charge in [-0.15, -0.1) is 0 Å². The highest BCUT2D eigenvalue weighted by molar-refractivity contribution is 5.81. The van der Waals surface area contributed by atoms with Crippen LogP contribution in [-0.2, 0) is 17.8 Å². The minimum atomic E-state index is -0.753. The standard InChI is InChI=1S/C23H28N8O2/c1-2-18-28-14-6-3-4-8-16(14)30(18)11-10-19(32)29-15-7-5-9-17(21(15)33)31-13-27-20-22(24)25-12-26-23(20)31/h3-4,6,8,12-13,15,17,21,33H,2,5,7,9-11H2,1H3,(H,29,32)(H2,24,25,26)/t15-,17-,21-/m0/s1. The molecule has 1 amide bonds. The molecule has 1 saturated carbocycles. The summed E-state index contributed by atoms with van der Waals surface area (Å²) < 4.78 is 3.96. The number of aliphatic hydroxyl groups excluding tert-OH is 1. The average molecular weight is 449 g/mol. The molecule has 0 aliphatic heterocycles. The zero-order chi connectivity index (χ0) is 22.9. The number of nitrogen functional groups attached to an aromatic ring is 1. The van der Waals surface area contributed by atoms with Gasteiger partial charge in [-0.1, -0.05) is 19.1 Å². The molecular formula is C23H28N8O2. The first kappa shape index (κ1) is 21.3. The largest absolute Gasteiger partial charge is 0.389 e. The van der Waals surface area contributed by atoms with Crippen LogP contribution < -0.4 is 11.1 Å². The van der Waals surface area contributed by atoms with E-state index in [0.717, 1.165) is 42.5 Å². The molecule has 4 aromatic rings. The Morgan fingerprint density at radius 2 is 2.09 bits per heavy atom. The molecule has 172 valence electrons. The number of fused-ring (bicyclic) bond motifs is 2. The molecule has 1 aliphatic rings. The second-order valence-corrected chi connectivity index (χ2v) is 8.52. The number of amides is 1. The first-order valence-electron chi connectivity index (χ1n) is 11.4. The van der Waals surface area contributed by atoms with Gasteiger partial charge in [0, 0.05) is 19.4 Å². The molecule has 3 aromatic heterocycles. The zero-order valence-corrected chi connectivity index (χ0v) is 18.6. The van der Waals surface area contributed by atoms with Crippen LogP contribution in [0.15, 0.2) is 36.9 Å². The summed E-state index contributed by atoms with van der Waals surface area (Å²) in [5.41, 5.74) is 9.00. The van der Waals surface area contributed by atoms with Gasteiger partial charge in [0.05, 0.1) is 35.5 Å². The molecule has 3 atom stereocenters. The van der Waals surface area contributed by atoms with Gasteiger partial charge in [-0.3, -0.25) is 4.79 Å². The van der Waals surface area contributed by atoms with Crippen LogP contribution in [0.25, 0.3) is 22.2 Å². The summed E-state index contributed by atoms with van der Waals surface area (Å²) in [4.78, 5) is 30.1. The van der Waals surface area contributed by atoms with E-state index in [1.165, 1.54) is 6.33 Å². The molecule has 5 rings (SSSR count). The summed E-state index contributed by atoms with van der Waals surface area (Å²) in [6, 6.07) is 7.39. The van der Waals surface area contributed by atoms with Gasteiger partial charge >= 0.3 is 0 Å². The number of aliphatic hydroxyl groups is 1. The van der Waals surface area contributed by atoms with Crippen molar-refractivity contribution in [3.63, 3.8) is 0 Å². The average Bonchev–Trinajstić information content (AvgIpc) is 3.41. The van der Waals surface area contributed by atoms with Crippen LogP contribution in [0.4, 0.5) is 5.82 Å². The fraction of sp³-hybridized carbons (Fsp3) is 0.435. The summed E-state index contributed by atoms with van der Waals surface area (Å²) in [5.74, 6) is 1.20. The topological polar surface area (TPSA) is 137 Å². The molecule has 3 heterocycles. The van der Waals surface area contributed by atoms with E-state index in [9.17, 15) is 9.90 Å². The van der Waals surface area contributed by atoms with Crippen molar-refractivity contribution in [1.29, 1.82) is 0 Å². The number of carbonyl (C=O) groups excluding carboxylic acids is 1. The number of anilines is 1. The van der Waals surface area contributed by atoms with E-state index >= 15 is 0 Å². The maximum atomic E-state index is 12.8. The molecule has 0 unspecified atom stereocenters. The van der Waals surface area contributed by atoms with Gasteiger partial charge in [0.1, 0.15) is 17.7 Å². The Bertz CT molecular complexity index is 1300. The number of hydrogen-bond donors (Lipinski definition) is 3. The van der Waals surface area contributed by atoms with E-state index < -0.39 is 6.10 Å². The highest BCUT2D eigenvalue weighted by Crippen LogP contribution is 2.31. The molecule has 10 nitrogen and oxygen atoms in total. The normalized spacial score (nSPS) is 21.0. The summed E-state index contributed by atoms with van der Waals surface area (Å²) >= 11 is 0. The number of aryl methyl sites for hydroxylation is 2. The Kier molecular flexibility index (Phi) is 5.67. The minimum Gasteiger partial charge on any atom is -0.389 e. The van der Waals surface area contributed by atoms with Crippen LogP contribution in [0.3, 0.4) is 0 Å². The molecule has 0 saturated heterocycles. The van der Waals surface area contributed by atoms with Crippen LogP contribution in [0.2, 0.25) is 0 Å². The molecule has 0 radical (unpaired) electrons. The van der Waals surface area contributed by atoms with Crippen molar-refractivity contribution in [3.8, 4) is 0 Å². The van der Waals surface area contributed by atoms with Gasteiger partial charge in [0.25, 0.3) is 0 Å². The maximum Gasteiger partial charge on any atom is 0.222 e. The predicted molar refractivity (Wildman–Crippen MR) is 124 cm³/mol. The number of carbonyl (C=O) groups is 1. The maximum absolute atomic E-state index is 12.8. The Hall–Kier alpha value is -3.53. The lowest BCUT2D eigenvalue weighted by molar-refractivity contribution is -0.123. The van der Waals surface area contributed by atoms with Crippen molar-refractivity contribution >= 4 is 33.9 Å². The van der Waals surface area contributed by atoms with Gasteiger partial charge < -0.3 is 25.3 Å². The van der Waals surface area contributed by atoms with E-state index in [0.29, 0.717) is 29.9 Å². The number of nitrogens with one attached hydrogen (secondary N) is 1. The molecule has 33 heavy (non-hydrogen) atoms. The first-order valence-corrected chi connectivity index (χ1v) is 11.4. The number of para-hydroxylation sites is 2. The minimum absolute atomic E-state index is 0.0819. The summed E-state index contributed by atoms with van der Waals surface area (Å²) in [7, 11) is 0. The third-order valence-electron chi connectivity index (χ3n) is 6.52. The number of nitrogens with two attached hydrogens (primary N) is 1. The van der Waals surface area contributed by atoms with Gasteiger partial charge in [0.2, 0.25) is 5.91 Å². The van der Waals surface area contributed by atoms with Crippen LogP contribution in [-0.4, -0.2) is 52.2 Å². The third kappa shape index (κ3) is 3.91. The third-order valence-corrected chi connectivity index (χ3v) is 6.52. The molecule has 1 aliphatic carbocycles. The lowest BCUT2D eigenvalue weighted by Gasteiger charge is -2.36. The second-order valence-electron chi connectivity index (χ2n) is 8.52. The van der Waals surface area contributed by atoms with Gasteiger partial charge in [-0.2, -0.15) is 0 Å². The molecule has 1 fully saturated rings. The summed E-state index contributed by atoms with van der Waals surface area (Å²) in [6.07, 6.45) is 5.77. The fourth-order valence-electron chi connectivity index (χ4n) is 4.87. The van der Waals surface area contributed by atoms with Gasteiger partial charge in [0.15, 0.2) is 11.5 Å². The number of nitrogens with zero attached hydrogens (tertiary/aromatic N) is 6. The van der Waals surface area contributed by atoms with Gasteiger partial charge in [-0.05, 0) is 31.4 Å². The lowest BCUT2D eigenvalue weighted by atomic mass is 9.87. The molecule has 0 spiro atoms. The second kappa shape index (κ2) is 8.78. The quantitative estimate of drug-likeness (QED) is 0.410.